The second-order valence-corrected chi connectivity index (χ2v) is 3.91. The molecule has 0 aliphatic rings. The third-order valence-electron chi connectivity index (χ3n) is 2.22. The summed E-state index contributed by atoms with van der Waals surface area (Å²) in [6, 6.07) is 6.39. The van der Waals surface area contributed by atoms with Crippen LogP contribution in [0.3, 0.4) is 0 Å². The van der Waals surface area contributed by atoms with E-state index >= 15 is 0 Å². The molecular weight excluding hydrogens is 262 g/mol. The van der Waals surface area contributed by atoms with Gasteiger partial charge in [-0.25, -0.2) is 5.43 Å². The monoisotopic (exact) mass is 279 g/mol. The Morgan fingerprint density at radius 1 is 1.40 bits per heavy atom. The molecule has 2 amide bonds. The number of carbonyl (C=O) groups is 2. The van der Waals surface area contributed by atoms with Crippen LogP contribution in [0.15, 0.2) is 29.4 Å². The van der Waals surface area contributed by atoms with E-state index in [0.717, 1.165) is 0 Å². The van der Waals surface area contributed by atoms with E-state index in [1.807, 2.05) is 0 Å². The maximum atomic E-state index is 11.4. The first-order valence-corrected chi connectivity index (χ1v) is 5.98. The molecule has 0 aliphatic carbocycles. The van der Waals surface area contributed by atoms with Crippen LogP contribution in [0.1, 0.15) is 12.0 Å². The van der Waals surface area contributed by atoms with Crippen LogP contribution >= 0.6 is 0 Å². The van der Waals surface area contributed by atoms with Crippen LogP contribution < -0.4 is 10.7 Å². The van der Waals surface area contributed by atoms with E-state index < -0.39 is 11.8 Å². The highest BCUT2D eigenvalue weighted by atomic mass is 16.5. The minimum atomic E-state index is -0.517. The second-order valence-electron chi connectivity index (χ2n) is 3.91. The van der Waals surface area contributed by atoms with E-state index in [-0.39, 0.29) is 12.2 Å². The topological polar surface area (TPSA) is 100 Å². The van der Waals surface area contributed by atoms with Gasteiger partial charge < -0.3 is 15.2 Å². The van der Waals surface area contributed by atoms with Crippen molar-refractivity contribution in [3.05, 3.63) is 29.8 Å². The molecule has 108 valence electrons. The zero-order valence-electron chi connectivity index (χ0n) is 11.1. The zero-order chi connectivity index (χ0) is 14.8. The Kier molecular flexibility index (Phi) is 6.77. The average Bonchev–Trinajstić information content (AvgIpc) is 2.39. The zero-order valence-corrected chi connectivity index (χ0v) is 11.1. The number of amides is 2. The summed E-state index contributed by atoms with van der Waals surface area (Å²) in [5, 5.41) is 15.4. The Hall–Kier alpha value is -2.41. The molecule has 1 aromatic carbocycles. The Labute approximate surface area is 116 Å². The molecule has 0 bridgehead atoms. The normalized spacial score (nSPS) is 10.4. The first-order chi connectivity index (χ1) is 9.61. The average molecular weight is 279 g/mol. The smallest absolute Gasteiger partial charge is 0.249 e. The van der Waals surface area contributed by atoms with Gasteiger partial charge in [0, 0.05) is 13.7 Å². The van der Waals surface area contributed by atoms with Gasteiger partial charge in [0.25, 0.3) is 0 Å². The molecule has 0 fully saturated rings. The molecular formula is C13H17N3O4. The maximum Gasteiger partial charge on any atom is 0.249 e. The first-order valence-electron chi connectivity index (χ1n) is 5.98. The van der Waals surface area contributed by atoms with Gasteiger partial charge in [0.2, 0.25) is 11.8 Å². The number of aromatic hydroxyl groups is 1. The SMILES string of the molecule is COCCNC(=O)CC(=O)N/N=C\c1cccc(O)c1. The van der Waals surface area contributed by atoms with Crippen LogP contribution in [0.4, 0.5) is 0 Å². The molecule has 7 heteroatoms. The van der Waals surface area contributed by atoms with Gasteiger partial charge in [-0.15, -0.1) is 0 Å². The Morgan fingerprint density at radius 2 is 2.20 bits per heavy atom. The van der Waals surface area contributed by atoms with Crippen molar-refractivity contribution >= 4 is 18.0 Å². The number of phenolic OH excluding ortho intramolecular Hbond substituents is 1. The third kappa shape index (κ3) is 6.50. The van der Waals surface area contributed by atoms with Gasteiger partial charge in [-0.05, 0) is 17.7 Å². The largest absolute Gasteiger partial charge is 0.508 e. The second kappa shape index (κ2) is 8.65. The Bertz CT molecular complexity index is 488. The Morgan fingerprint density at radius 3 is 2.90 bits per heavy atom. The molecule has 0 spiro atoms. The van der Waals surface area contributed by atoms with E-state index in [4.69, 9.17) is 4.74 Å². The number of rotatable bonds is 7. The predicted molar refractivity (Wildman–Crippen MR) is 73.3 cm³/mol. The minimum Gasteiger partial charge on any atom is -0.508 e. The lowest BCUT2D eigenvalue weighted by Gasteiger charge is -2.03. The Balaban J connectivity index is 2.30. The van der Waals surface area contributed by atoms with Crippen molar-refractivity contribution in [2.24, 2.45) is 5.10 Å². The van der Waals surface area contributed by atoms with E-state index in [1.54, 1.807) is 12.1 Å². The van der Waals surface area contributed by atoms with Gasteiger partial charge in [0.05, 0.1) is 12.8 Å². The summed E-state index contributed by atoms with van der Waals surface area (Å²) in [5.41, 5.74) is 2.86. The van der Waals surface area contributed by atoms with Gasteiger partial charge in [-0.2, -0.15) is 5.10 Å². The van der Waals surface area contributed by atoms with E-state index in [0.29, 0.717) is 18.7 Å². The molecule has 0 atom stereocenters. The lowest BCUT2D eigenvalue weighted by atomic mass is 10.2. The summed E-state index contributed by atoms with van der Waals surface area (Å²) in [4.78, 5) is 22.7. The van der Waals surface area contributed by atoms with E-state index in [1.165, 1.54) is 25.5 Å². The summed E-state index contributed by atoms with van der Waals surface area (Å²) in [6.45, 7) is 0.748. The molecule has 0 radical (unpaired) electrons. The lowest BCUT2D eigenvalue weighted by Crippen LogP contribution is -2.31. The van der Waals surface area contributed by atoms with Crippen molar-refractivity contribution < 1.29 is 19.4 Å². The quantitative estimate of drug-likeness (QED) is 0.283. The molecule has 0 saturated carbocycles. The summed E-state index contributed by atoms with van der Waals surface area (Å²) >= 11 is 0. The van der Waals surface area contributed by atoms with Crippen molar-refractivity contribution in [2.45, 2.75) is 6.42 Å². The fraction of sp³-hybridized carbons (Fsp3) is 0.308. The number of nitrogens with one attached hydrogen (secondary N) is 2. The van der Waals surface area contributed by atoms with Gasteiger partial charge >= 0.3 is 0 Å². The van der Waals surface area contributed by atoms with Crippen LogP contribution in [0, 0.1) is 0 Å². The van der Waals surface area contributed by atoms with Crippen molar-refractivity contribution in [2.75, 3.05) is 20.3 Å². The summed E-state index contributed by atoms with van der Waals surface area (Å²) in [5.74, 6) is -0.804. The third-order valence-corrected chi connectivity index (χ3v) is 2.22. The number of ether oxygens (including phenoxy) is 1. The number of hydrogen-bond acceptors (Lipinski definition) is 5. The number of nitrogens with zero attached hydrogens (tertiary/aromatic N) is 1. The highest BCUT2D eigenvalue weighted by molar-refractivity contribution is 5.97. The summed E-state index contributed by atoms with van der Waals surface area (Å²) in [7, 11) is 1.52. The van der Waals surface area contributed by atoms with E-state index in [9.17, 15) is 14.7 Å². The minimum absolute atomic E-state index is 0.109. The molecule has 0 saturated heterocycles. The number of hydrazone groups is 1. The van der Waals surface area contributed by atoms with E-state index in [2.05, 4.69) is 15.8 Å². The van der Waals surface area contributed by atoms with Gasteiger partial charge in [0.15, 0.2) is 0 Å². The summed E-state index contributed by atoms with van der Waals surface area (Å²) < 4.78 is 4.76. The summed E-state index contributed by atoms with van der Waals surface area (Å²) in [6.07, 6.45) is 1.07. The fourth-order valence-corrected chi connectivity index (χ4v) is 1.32. The van der Waals surface area contributed by atoms with Crippen LogP contribution in [0.5, 0.6) is 5.75 Å². The molecule has 1 aromatic rings. The van der Waals surface area contributed by atoms with Crippen molar-refractivity contribution in [1.82, 2.24) is 10.7 Å². The highest BCUT2D eigenvalue weighted by Gasteiger charge is 2.07. The van der Waals surface area contributed by atoms with Crippen LogP contribution in [-0.4, -0.2) is 43.4 Å². The molecule has 1 rings (SSSR count). The first kappa shape index (κ1) is 15.6. The molecule has 0 aliphatic heterocycles. The molecule has 20 heavy (non-hydrogen) atoms. The standard InChI is InChI=1S/C13H17N3O4/c1-20-6-5-14-12(18)8-13(19)16-15-9-10-3-2-4-11(17)7-10/h2-4,7,9,17H,5-6,8H2,1H3,(H,14,18)(H,16,19)/b15-9-. The predicted octanol–water partition coefficient (Wildman–Crippen LogP) is -0.00500. The number of carbonyl (C=O) groups excluding carboxylic acids is 2. The van der Waals surface area contributed by atoms with Crippen molar-refractivity contribution in [3.63, 3.8) is 0 Å². The lowest BCUT2D eigenvalue weighted by molar-refractivity contribution is -0.129. The van der Waals surface area contributed by atoms with Crippen LogP contribution in [0.2, 0.25) is 0 Å². The molecule has 0 aromatic heterocycles. The number of hydrogen-bond donors (Lipinski definition) is 3. The van der Waals surface area contributed by atoms with Gasteiger partial charge in [0.1, 0.15) is 12.2 Å². The highest BCUT2D eigenvalue weighted by Crippen LogP contribution is 2.08. The molecule has 0 heterocycles. The van der Waals surface area contributed by atoms with Crippen molar-refractivity contribution in [3.8, 4) is 5.75 Å². The number of benzene rings is 1. The van der Waals surface area contributed by atoms with Gasteiger partial charge in [-0.3, -0.25) is 9.59 Å². The fourth-order valence-electron chi connectivity index (χ4n) is 1.32. The molecule has 7 nitrogen and oxygen atoms in total. The van der Waals surface area contributed by atoms with Gasteiger partial charge in [-0.1, -0.05) is 12.1 Å². The number of phenols is 1. The number of methoxy groups -OCH3 is 1. The van der Waals surface area contributed by atoms with Crippen LogP contribution in [0.25, 0.3) is 0 Å². The molecule has 3 N–H and O–H groups in total. The molecule has 0 unspecified atom stereocenters. The van der Waals surface area contributed by atoms with Crippen molar-refractivity contribution in [1.29, 1.82) is 0 Å². The maximum absolute atomic E-state index is 11.4. The van der Waals surface area contributed by atoms with Crippen LogP contribution in [-0.2, 0) is 14.3 Å².